The SMILES string of the molecule is CC.CC1(C)CB(c2ccc(F)s2)CC1(C)C.CCl. The van der Waals surface area contributed by atoms with E-state index in [4.69, 9.17) is 0 Å². The predicted octanol–water partition coefficient (Wildman–Crippen LogP) is 5.54. The average Bonchev–Trinajstić information content (AvgIpc) is 2.87. The summed E-state index contributed by atoms with van der Waals surface area (Å²) in [7, 11) is 0. The molecule has 0 radical (unpaired) electrons. The summed E-state index contributed by atoms with van der Waals surface area (Å²) in [4.78, 5) is 0. The summed E-state index contributed by atoms with van der Waals surface area (Å²) in [5, 5.41) is -0.0486. The largest absolute Gasteiger partial charge is 0.195 e. The van der Waals surface area contributed by atoms with Gasteiger partial charge in [-0.1, -0.05) is 60.2 Å². The maximum Gasteiger partial charge on any atom is 0.190 e. The Balaban J connectivity index is 0.000000741. The number of halogens is 2. The lowest BCUT2D eigenvalue weighted by molar-refractivity contribution is 0.177. The lowest BCUT2D eigenvalue weighted by Gasteiger charge is -2.35. The van der Waals surface area contributed by atoms with E-state index in [-0.39, 0.29) is 5.13 Å². The fourth-order valence-electron chi connectivity index (χ4n) is 2.61. The molecule has 1 fully saturated rings. The van der Waals surface area contributed by atoms with E-state index in [1.807, 2.05) is 19.9 Å². The van der Waals surface area contributed by atoms with Crippen LogP contribution in [0.5, 0.6) is 0 Å². The van der Waals surface area contributed by atoms with Gasteiger partial charge in [0, 0.05) is 6.38 Å². The average molecular weight is 305 g/mol. The van der Waals surface area contributed by atoms with Crippen LogP contribution in [0, 0.1) is 16.0 Å². The van der Waals surface area contributed by atoms with Crippen molar-refractivity contribution in [3.63, 3.8) is 0 Å². The smallest absolute Gasteiger partial charge is 0.190 e. The van der Waals surface area contributed by atoms with Crippen LogP contribution in [-0.2, 0) is 0 Å². The second kappa shape index (κ2) is 7.68. The Morgan fingerprint density at radius 3 is 1.79 bits per heavy atom. The first-order chi connectivity index (χ1) is 8.82. The zero-order valence-corrected chi connectivity index (χ0v) is 14.9. The third kappa shape index (κ3) is 4.49. The highest BCUT2D eigenvalue weighted by Gasteiger charge is 2.48. The molecule has 0 unspecified atom stereocenters. The second-order valence-electron chi connectivity index (χ2n) is 6.01. The molecule has 19 heavy (non-hydrogen) atoms. The molecule has 0 aliphatic carbocycles. The molecule has 0 aromatic carbocycles. The number of hydrogen-bond donors (Lipinski definition) is 0. The summed E-state index contributed by atoms with van der Waals surface area (Å²) in [5.41, 5.74) is 0.719. The van der Waals surface area contributed by atoms with Gasteiger partial charge in [0.1, 0.15) is 0 Å². The normalized spacial score (nSPS) is 19.1. The van der Waals surface area contributed by atoms with E-state index in [0.717, 1.165) is 0 Å². The van der Waals surface area contributed by atoms with Gasteiger partial charge in [0.05, 0.1) is 0 Å². The van der Waals surface area contributed by atoms with E-state index in [1.54, 1.807) is 6.07 Å². The van der Waals surface area contributed by atoms with Gasteiger partial charge in [-0.2, -0.15) is 4.39 Å². The third-order valence-electron chi connectivity index (χ3n) is 4.34. The molecule has 0 nitrogen and oxygen atoms in total. The highest BCUT2D eigenvalue weighted by Crippen LogP contribution is 2.52. The van der Waals surface area contributed by atoms with E-state index < -0.39 is 0 Å². The molecule has 0 N–H and O–H groups in total. The fraction of sp³-hybridized carbons (Fsp3) is 0.733. The summed E-state index contributed by atoms with van der Waals surface area (Å²) in [6.07, 6.45) is 3.83. The highest BCUT2D eigenvalue weighted by molar-refractivity contribution is 7.22. The molecule has 1 aromatic rings. The zero-order chi connectivity index (χ0) is 15.3. The Morgan fingerprint density at radius 1 is 1.05 bits per heavy atom. The summed E-state index contributed by atoms with van der Waals surface area (Å²) in [6.45, 7) is 13.9. The first kappa shape index (κ1) is 19.0. The standard InChI is InChI=1S/C12H18BFS.C2H6.CH3Cl/c1-11(2)7-13(8-12(11,3)4)9-5-6-10(14)15-9;2*1-2/h5-6H,7-8H2,1-4H3;1-2H3;1H3. The van der Waals surface area contributed by atoms with Gasteiger partial charge in [0.25, 0.3) is 0 Å². The Bertz CT molecular complexity index is 358. The van der Waals surface area contributed by atoms with Crippen LogP contribution in [0.15, 0.2) is 12.1 Å². The molecular formula is C15H27BClFS. The molecule has 2 rings (SSSR count). The van der Waals surface area contributed by atoms with E-state index in [9.17, 15) is 4.39 Å². The molecular weight excluding hydrogens is 277 g/mol. The minimum Gasteiger partial charge on any atom is -0.195 e. The molecule has 4 heteroatoms. The molecule has 0 bridgehead atoms. The van der Waals surface area contributed by atoms with Gasteiger partial charge in [-0.15, -0.1) is 22.9 Å². The monoisotopic (exact) mass is 304 g/mol. The van der Waals surface area contributed by atoms with Crippen LogP contribution in [0.3, 0.4) is 0 Å². The zero-order valence-electron chi connectivity index (χ0n) is 13.3. The molecule has 1 aliphatic rings. The summed E-state index contributed by atoms with van der Waals surface area (Å²) in [6, 6.07) is 3.56. The van der Waals surface area contributed by atoms with Crippen molar-refractivity contribution in [1.82, 2.24) is 0 Å². The molecule has 0 amide bonds. The van der Waals surface area contributed by atoms with Crippen LogP contribution in [0.4, 0.5) is 4.39 Å². The topological polar surface area (TPSA) is 0 Å². The molecule has 2 heterocycles. The van der Waals surface area contributed by atoms with Gasteiger partial charge >= 0.3 is 0 Å². The molecule has 1 aromatic heterocycles. The fourth-order valence-corrected chi connectivity index (χ4v) is 3.44. The quantitative estimate of drug-likeness (QED) is 0.472. The maximum absolute atomic E-state index is 13.0. The number of thiophene rings is 1. The Kier molecular flexibility index (Phi) is 7.68. The van der Waals surface area contributed by atoms with Crippen LogP contribution < -0.4 is 4.78 Å². The van der Waals surface area contributed by atoms with E-state index in [0.29, 0.717) is 17.5 Å². The summed E-state index contributed by atoms with van der Waals surface area (Å²) < 4.78 is 14.2. The lowest BCUT2D eigenvalue weighted by Crippen LogP contribution is -2.24. The van der Waals surface area contributed by atoms with Gasteiger partial charge in [-0.3, -0.25) is 0 Å². The molecule has 110 valence electrons. The summed E-state index contributed by atoms with van der Waals surface area (Å²) in [5.74, 6) is 0. The number of alkyl halides is 1. The van der Waals surface area contributed by atoms with Crippen molar-refractivity contribution >= 4 is 34.4 Å². The Labute approximate surface area is 127 Å². The minimum absolute atomic E-state index is 0.0486. The molecule has 1 saturated heterocycles. The molecule has 0 saturated carbocycles. The molecule has 0 spiro atoms. The lowest BCUT2D eigenvalue weighted by atomic mass is 9.45. The van der Waals surface area contributed by atoms with Crippen molar-refractivity contribution in [2.45, 2.75) is 54.2 Å². The van der Waals surface area contributed by atoms with Crippen molar-refractivity contribution in [2.24, 2.45) is 10.8 Å². The first-order valence-electron chi connectivity index (χ1n) is 6.95. The van der Waals surface area contributed by atoms with Crippen molar-refractivity contribution < 1.29 is 4.39 Å². The van der Waals surface area contributed by atoms with Crippen LogP contribution in [-0.4, -0.2) is 13.1 Å². The van der Waals surface area contributed by atoms with Gasteiger partial charge in [0.2, 0.25) is 0 Å². The first-order valence-corrected chi connectivity index (χ1v) is 8.52. The van der Waals surface area contributed by atoms with Crippen LogP contribution in [0.1, 0.15) is 41.5 Å². The predicted molar refractivity (Wildman–Crippen MR) is 90.0 cm³/mol. The molecule has 1 aliphatic heterocycles. The number of hydrogen-bond acceptors (Lipinski definition) is 1. The highest BCUT2D eigenvalue weighted by atomic mass is 35.5. The van der Waals surface area contributed by atoms with Gasteiger partial charge in [-0.25, -0.2) is 0 Å². The summed E-state index contributed by atoms with van der Waals surface area (Å²) >= 11 is 5.96. The van der Waals surface area contributed by atoms with Crippen molar-refractivity contribution in [3.05, 3.63) is 17.3 Å². The van der Waals surface area contributed by atoms with Crippen LogP contribution in [0.25, 0.3) is 0 Å². The van der Waals surface area contributed by atoms with E-state index in [2.05, 4.69) is 39.3 Å². The van der Waals surface area contributed by atoms with Gasteiger partial charge in [-0.05, 0) is 21.7 Å². The minimum atomic E-state index is -0.0486. The van der Waals surface area contributed by atoms with Crippen molar-refractivity contribution in [1.29, 1.82) is 0 Å². The molecule has 0 atom stereocenters. The van der Waals surface area contributed by atoms with Crippen molar-refractivity contribution in [3.8, 4) is 0 Å². The number of rotatable bonds is 1. The van der Waals surface area contributed by atoms with Crippen LogP contribution >= 0.6 is 22.9 Å². The van der Waals surface area contributed by atoms with Gasteiger partial charge in [0.15, 0.2) is 11.8 Å². The van der Waals surface area contributed by atoms with Gasteiger partial charge < -0.3 is 0 Å². The Morgan fingerprint density at radius 2 is 1.47 bits per heavy atom. The Hall–Kier alpha value is -0.0151. The second-order valence-corrected chi connectivity index (χ2v) is 7.08. The van der Waals surface area contributed by atoms with E-state index in [1.165, 1.54) is 35.1 Å². The third-order valence-corrected chi connectivity index (χ3v) is 5.38. The van der Waals surface area contributed by atoms with Crippen molar-refractivity contribution in [2.75, 3.05) is 6.38 Å². The van der Waals surface area contributed by atoms with E-state index >= 15 is 0 Å². The van der Waals surface area contributed by atoms with Crippen LogP contribution in [0.2, 0.25) is 12.6 Å². The maximum atomic E-state index is 13.0.